The Bertz CT molecular complexity index is 290. The molecule has 15 heavy (non-hydrogen) atoms. The van der Waals surface area contributed by atoms with Crippen LogP contribution in [0.1, 0.15) is 33.0 Å². The van der Waals surface area contributed by atoms with Crippen molar-refractivity contribution in [2.75, 3.05) is 6.54 Å². The third-order valence-corrected chi connectivity index (χ3v) is 1.97. The van der Waals surface area contributed by atoms with Gasteiger partial charge < -0.3 is 10.4 Å². The predicted molar refractivity (Wildman–Crippen MR) is 58.3 cm³/mol. The first-order chi connectivity index (χ1) is 7.03. The summed E-state index contributed by atoms with van der Waals surface area (Å²) >= 11 is 0. The first-order valence-electron chi connectivity index (χ1n) is 5.32. The van der Waals surface area contributed by atoms with E-state index in [1.54, 1.807) is 20.2 Å². The lowest BCUT2D eigenvalue weighted by Gasteiger charge is -2.17. The molecule has 86 valence electrons. The Labute approximate surface area is 90.5 Å². The highest BCUT2D eigenvalue weighted by Crippen LogP contribution is 1.99. The van der Waals surface area contributed by atoms with E-state index in [-0.39, 0.29) is 0 Å². The summed E-state index contributed by atoms with van der Waals surface area (Å²) in [5, 5.41) is 16.8. The Morgan fingerprint density at radius 3 is 2.87 bits per heavy atom. The van der Waals surface area contributed by atoms with Crippen molar-refractivity contribution in [2.45, 2.75) is 45.9 Å². The monoisotopic (exact) mass is 212 g/mol. The van der Waals surface area contributed by atoms with Gasteiger partial charge in [0.2, 0.25) is 0 Å². The smallest absolute Gasteiger partial charge is 0.140 e. The number of nitrogens with zero attached hydrogens (tertiary/aromatic N) is 3. The fraction of sp³-hybridized carbons (Fsp3) is 0.800. The number of hydrogen-bond donors (Lipinski definition) is 2. The van der Waals surface area contributed by atoms with Crippen molar-refractivity contribution in [3.05, 3.63) is 12.2 Å². The zero-order chi connectivity index (χ0) is 11.3. The van der Waals surface area contributed by atoms with Crippen molar-refractivity contribution >= 4 is 0 Å². The van der Waals surface area contributed by atoms with Crippen molar-refractivity contribution in [1.29, 1.82) is 0 Å². The molecule has 2 N–H and O–H groups in total. The van der Waals surface area contributed by atoms with Gasteiger partial charge in [0.15, 0.2) is 0 Å². The molecule has 0 spiro atoms. The minimum Gasteiger partial charge on any atom is -0.389 e. The molecular weight excluding hydrogens is 192 g/mol. The molecule has 5 heteroatoms. The molecule has 0 fully saturated rings. The molecule has 1 aromatic heterocycles. The Morgan fingerprint density at radius 1 is 1.53 bits per heavy atom. The molecule has 0 saturated carbocycles. The minimum absolute atomic E-state index is 0.548. The Morgan fingerprint density at radius 2 is 2.27 bits per heavy atom. The zero-order valence-corrected chi connectivity index (χ0v) is 9.69. The van der Waals surface area contributed by atoms with Crippen molar-refractivity contribution in [3.63, 3.8) is 0 Å². The molecule has 0 bridgehead atoms. The van der Waals surface area contributed by atoms with Crippen LogP contribution in [0.15, 0.2) is 6.33 Å². The highest BCUT2D eigenvalue weighted by molar-refractivity contribution is 4.84. The first-order valence-corrected chi connectivity index (χ1v) is 5.32. The third-order valence-electron chi connectivity index (χ3n) is 1.97. The molecule has 0 aliphatic heterocycles. The molecule has 5 nitrogen and oxygen atoms in total. The topological polar surface area (TPSA) is 63.0 Å². The average Bonchev–Trinajstić information content (AvgIpc) is 2.51. The summed E-state index contributed by atoms with van der Waals surface area (Å²) in [6.45, 7) is 7.73. The van der Waals surface area contributed by atoms with Gasteiger partial charge in [0, 0.05) is 13.1 Å². The average molecular weight is 212 g/mol. The number of aromatic nitrogens is 3. The van der Waals surface area contributed by atoms with Crippen molar-refractivity contribution < 1.29 is 5.11 Å². The third kappa shape index (κ3) is 4.40. The van der Waals surface area contributed by atoms with Gasteiger partial charge in [-0.3, -0.25) is 0 Å². The van der Waals surface area contributed by atoms with Gasteiger partial charge in [0.1, 0.15) is 12.2 Å². The van der Waals surface area contributed by atoms with E-state index >= 15 is 0 Å². The maximum Gasteiger partial charge on any atom is 0.140 e. The largest absolute Gasteiger partial charge is 0.389 e. The molecule has 0 radical (unpaired) electrons. The maximum atomic E-state index is 9.51. The molecule has 0 saturated heterocycles. The van der Waals surface area contributed by atoms with Crippen LogP contribution in [0, 0.1) is 0 Å². The summed E-state index contributed by atoms with van der Waals surface area (Å²) in [5.74, 6) is 0.918. The standard InChI is InChI=1S/C10H20N4O/c1-4-5-14-9(12-8-13-14)6-11-7-10(2,3)15/h8,11,15H,4-7H2,1-3H3. The summed E-state index contributed by atoms with van der Waals surface area (Å²) in [7, 11) is 0. The summed E-state index contributed by atoms with van der Waals surface area (Å²) in [6.07, 6.45) is 2.61. The molecule has 1 aromatic rings. The van der Waals surface area contributed by atoms with Gasteiger partial charge in [-0.2, -0.15) is 5.10 Å². The normalized spacial score (nSPS) is 12.0. The van der Waals surface area contributed by atoms with Crippen LogP contribution in [0.2, 0.25) is 0 Å². The number of aryl methyl sites for hydroxylation is 1. The molecule has 0 aliphatic rings. The van der Waals surface area contributed by atoms with Crippen LogP contribution in [0.3, 0.4) is 0 Å². The van der Waals surface area contributed by atoms with Crippen molar-refractivity contribution in [1.82, 2.24) is 20.1 Å². The van der Waals surface area contributed by atoms with Gasteiger partial charge in [-0.1, -0.05) is 6.92 Å². The lowest BCUT2D eigenvalue weighted by Crippen LogP contribution is -2.34. The second kappa shape index (κ2) is 5.23. The molecule has 1 heterocycles. The van der Waals surface area contributed by atoms with E-state index in [2.05, 4.69) is 22.3 Å². The minimum atomic E-state index is -0.685. The van der Waals surface area contributed by atoms with Crippen LogP contribution in [0.4, 0.5) is 0 Å². The maximum absolute atomic E-state index is 9.51. The van der Waals surface area contributed by atoms with E-state index in [4.69, 9.17) is 0 Å². The van der Waals surface area contributed by atoms with Gasteiger partial charge in [-0.25, -0.2) is 9.67 Å². The molecule has 0 unspecified atom stereocenters. The van der Waals surface area contributed by atoms with Gasteiger partial charge in [-0.05, 0) is 20.3 Å². The highest BCUT2D eigenvalue weighted by Gasteiger charge is 2.12. The second-order valence-electron chi connectivity index (χ2n) is 4.32. The molecule has 0 atom stereocenters. The van der Waals surface area contributed by atoms with Crippen LogP contribution in [0.25, 0.3) is 0 Å². The fourth-order valence-corrected chi connectivity index (χ4v) is 1.30. The zero-order valence-electron chi connectivity index (χ0n) is 9.69. The van der Waals surface area contributed by atoms with E-state index in [0.717, 1.165) is 18.8 Å². The highest BCUT2D eigenvalue weighted by atomic mass is 16.3. The first kappa shape index (κ1) is 12.1. The predicted octanol–water partition coefficient (Wildman–Crippen LogP) is 0.549. The van der Waals surface area contributed by atoms with Gasteiger partial charge in [0.05, 0.1) is 12.1 Å². The van der Waals surface area contributed by atoms with E-state index in [1.807, 2.05) is 4.68 Å². The van der Waals surface area contributed by atoms with Crippen LogP contribution in [0.5, 0.6) is 0 Å². The van der Waals surface area contributed by atoms with Crippen LogP contribution >= 0.6 is 0 Å². The molecule has 0 aromatic carbocycles. The van der Waals surface area contributed by atoms with Crippen molar-refractivity contribution in [2.24, 2.45) is 0 Å². The number of nitrogens with one attached hydrogen (secondary N) is 1. The Balaban J connectivity index is 2.40. The fourth-order valence-electron chi connectivity index (χ4n) is 1.30. The van der Waals surface area contributed by atoms with E-state index in [1.165, 1.54) is 0 Å². The van der Waals surface area contributed by atoms with Crippen LogP contribution in [-0.4, -0.2) is 32.0 Å². The lowest BCUT2D eigenvalue weighted by molar-refractivity contribution is 0.0792. The SMILES string of the molecule is CCCn1ncnc1CNCC(C)(C)O. The quantitative estimate of drug-likeness (QED) is 0.723. The van der Waals surface area contributed by atoms with E-state index in [0.29, 0.717) is 13.1 Å². The van der Waals surface area contributed by atoms with Crippen molar-refractivity contribution in [3.8, 4) is 0 Å². The van der Waals surface area contributed by atoms with Gasteiger partial charge in [0.25, 0.3) is 0 Å². The van der Waals surface area contributed by atoms with Crippen LogP contribution in [-0.2, 0) is 13.1 Å². The number of hydrogen-bond acceptors (Lipinski definition) is 4. The Hall–Kier alpha value is -0.940. The molecule has 0 amide bonds. The number of aliphatic hydroxyl groups is 1. The summed E-state index contributed by atoms with van der Waals surface area (Å²) in [4.78, 5) is 4.16. The van der Waals surface area contributed by atoms with E-state index < -0.39 is 5.60 Å². The number of rotatable bonds is 6. The summed E-state index contributed by atoms with van der Waals surface area (Å²) in [5.41, 5.74) is -0.685. The van der Waals surface area contributed by atoms with E-state index in [9.17, 15) is 5.11 Å². The lowest BCUT2D eigenvalue weighted by atomic mass is 10.1. The summed E-state index contributed by atoms with van der Waals surface area (Å²) < 4.78 is 1.89. The summed E-state index contributed by atoms with van der Waals surface area (Å²) in [6, 6.07) is 0. The second-order valence-corrected chi connectivity index (χ2v) is 4.32. The Kier molecular flexibility index (Phi) is 4.23. The van der Waals surface area contributed by atoms with Gasteiger partial charge in [-0.15, -0.1) is 0 Å². The molecular formula is C10H20N4O. The molecule has 0 aliphatic carbocycles. The van der Waals surface area contributed by atoms with Gasteiger partial charge >= 0.3 is 0 Å². The van der Waals surface area contributed by atoms with Crippen LogP contribution < -0.4 is 5.32 Å². The molecule has 1 rings (SSSR count).